The van der Waals surface area contributed by atoms with Crippen LogP contribution in [0.5, 0.6) is 0 Å². The van der Waals surface area contributed by atoms with Crippen molar-refractivity contribution in [2.45, 2.75) is 32.1 Å². The summed E-state index contributed by atoms with van der Waals surface area (Å²) in [7, 11) is 0. The van der Waals surface area contributed by atoms with Gasteiger partial charge in [-0.2, -0.15) is 0 Å². The van der Waals surface area contributed by atoms with Crippen molar-refractivity contribution in [3.05, 3.63) is 50.9 Å². The van der Waals surface area contributed by atoms with Crippen LogP contribution in [0.3, 0.4) is 0 Å². The van der Waals surface area contributed by atoms with Crippen molar-refractivity contribution < 1.29 is 4.79 Å². The third kappa shape index (κ3) is 3.18. The van der Waals surface area contributed by atoms with Gasteiger partial charge < -0.3 is 4.90 Å². The molecule has 0 aliphatic carbocycles. The molecule has 1 aromatic heterocycles. The van der Waals surface area contributed by atoms with Crippen LogP contribution in [0.25, 0.3) is 0 Å². The number of halogens is 1. The van der Waals surface area contributed by atoms with E-state index in [0.717, 1.165) is 47.9 Å². The highest BCUT2D eigenvalue weighted by Gasteiger charge is 2.29. The third-order valence-corrected chi connectivity index (χ3v) is 5.31. The normalized spacial score (nSPS) is 17.9. The van der Waals surface area contributed by atoms with Crippen LogP contribution in [0.15, 0.2) is 29.6 Å². The second kappa shape index (κ2) is 6.80. The second-order valence-corrected chi connectivity index (χ2v) is 6.98. The fourth-order valence-electron chi connectivity index (χ4n) is 2.90. The third-order valence-electron chi connectivity index (χ3n) is 4.06. The molecule has 1 aromatic carbocycles. The van der Waals surface area contributed by atoms with E-state index in [9.17, 15) is 4.79 Å². The molecule has 1 amide bonds. The highest BCUT2D eigenvalue weighted by atomic mass is 35.5. The van der Waals surface area contributed by atoms with Crippen LogP contribution >= 0.6 is 22.9 Å². The van der Waals surface area contributed by atoms with Gasteiger partial charge in [0, 0.05) is 29.4 Å². The van der Waals surface area contributed by atoms with Gasteiger partial charge in [0.15, 0.2) is 0 Å². The molecule has 0 bridgehead atoms. The number of thiazole rings is 1. The van der Waals surface area contributed by atoms with Gasteiger partial charge >= 0.3 is 0 Å². The van der Waals surface area contributed by atoms with E-state index in [4.69, 9.17) is 11.6 Å². The van der Waals surface area contributed by atoms with Gasteiger partial charge in [0.2, 0.25) is 0 Å². The Morgan fingerprint density at radius 3 is 3.05 bits per heavy atom. The molecule has 2 aromatic rings. The first kappa shape index (κ1) is 15.5. The highest BCUT2D eigenvalue weighted by Crippen LogP contribution is 2.32. The molecule has 0 unspecified atom stereocenters. The molecule has 0 spiro atoms. The lowest BCUT2D eigenvalue weighted by Crippen LogP contribution is -2.28. The first-order valence-corrected chi connectivity index (χ1v) is 8.93. The van der Waals surface area contributed by atoms with E-state index >= 15 is 0 Å². The molecule has 1 aliphatic heterocycles. The number of likely N-dealkylation sites (tertiary alicyclic amines) is 1. The summed E-state index contributed by atoms with van der Waals surface area (Å²) in [5.74, 6) is 0.375. The summed E-state index contributed by atoms with van der Waals surface area (Å²) in [6.07, 6.45) is 2.96. The standard InChI is InChI=1S/C17H19ClN2OS/c1-2-5-16-19-15(11-22-16)17(21)20-9-8-12(10-20)13-6-3-4-7-14(13)18/h3-4,6-7,11-12H,2,5,8-10H2,1H3/t12-/m1/s1. The zero-order valence-electron chi connectivity index (χ0n) is 12.6. The molecule has 0 radical (unpaired) electrons. The van der Waals surface area contributed by atoms with E-state index in [0.29, 0.717) is 11.6 Å². The minimum Gasteiger partial charge on any atom is -0.337 e. The van der Waals surface area contributed by atoms with Crippen LogP contribution in [0, 0.1) is 0 Å². The fourth-order valence-corrected chi connectivity index (χ4v) is 4.07. The molecule has 1 fully saturated rings. The molecule has 1 aliphatic rings. The Morgan fingerprint density at radius 1 is 1.45 bits per heavy atom. The molecule has 1 atom stereocenters. The molecule has 5 heteroatoms. The molecule has 116 valence electrons. The number of aromatic nitrogens is 1. The van der Waals surface area contributed by atoms with Crippen molar-refractivity contribution >= 4 is 28.8 Å². The number of amides is 1. The summed E-state index contributed by atoms with van der Waals surface area (Å²) in [6, 6.07) is 7.92. The highest BCUT2D eigenvalue weighted by molar-refractivity contribution is 7.09. The van der Waals surface area contributed by atoms with Crippen LogP contribution in [0.2, 0.25) is 5.02 Å². The molecule has 3 rings (SSSR count). The van der Waals surface area contributed by atoms with Crippen molar-refractivity contribution in [3.8, 4) is 0 Å². The van der Waals surface area contributed by atoms with Crippen molar-refractivity contribution in [3.63, 3.8) is 0 Å². The van der Waals surface area contributed by atoms with Crippen LogP contribution < -0.4 is 0 Å². The van der Waals surface area contributed by atoms with Crippen LogP contribution in [-0.2, 0) is 6.42 Å². The van der Waals surface area contributed by atoms with Gasteiger partial charge in [-0.15, -0.1) is 11.3 Å². The van der Waals surface area contributed by atoms with Crippen LogP contribution in [0.4, 0.5) is 0 Å². The average molecular weight is 335 g/mol. The summed E-state index contributed by atoms with van der Waals surface area (Å²) < 4.78 is 0. The summed E-state index contributed by atoms with van der Waals surface area (Å²) in [4.78, 5) is 18.9. The van der Waals surface area contributed by atoms with Crippen LogP contribution in [0.1, 0.15) is 46.7 Å². The van der Waals surface area contributed by atoms with E-state index in [-0.39, 0.29) is 5.91 Å². The molecular formula is C17H19ClN2OS. The summed E-state index contributed by atoms with van der Waals surface area (Å²) in [5, 5.41) is 3.73. The van der Waals surface area contributed by atoms with E-state index in [1.54, 1.807) is 11.3 Å². The van der Waals surface area contributed by atoms with Crippen molar-refractivity contribution in [2.24, 2.45) is 0 Å². The molecule has 1 saturated heterocycles. The first-order valence-electron chi connectivity index (χ1n) is 7.67. The second-order valence-electron chi connectivity index (χ2n) is 5.63. The molecule has 0 N–H and O–H groups in total. The topological polar surface area (TPSA) is 33.2 Å². The molecule has 2 heterocycles. The molecule has 3 nitrogen and oxygen atoms in total. The Kier molecular flexibility index (Phi) is 4.79. The van der Waals surface area contributed by atoms with E-state index < -0.39 is 0 Å². The van der Waals surface area contributed by atoms with E-state index in [2.05, 4.69) is 18.0 Å². The van der Waals surface area contributed by atoms with Gasteiger partial charge in [-0.05, 0) is 30.9 Å². The first-order chi connectivity index (χ1) is 10.7. The quantitative estimate of drug-likeness (QED) is 0.831. The lowest BCUT2D eigenvalue weighted by molar-refractivity contribution is 0.0785. The fraction of sp³-hybridized carbons (Fsp3) is 0.412. The summed E-state index contributed by atoms with van der Waals surface area (Å²) in [6.45, 7) is 3.62. The number of benzene rings is 1. The monoisotopic (exact) mass is 334 g/mol. The lowest BCUT2D eigenvalue weighted by atomic mass is 9.98. The van der Waals surface area contributed by atoms with Gasteiger partial charge in [-0.25, -0.2) is 4.98 Å². The maximum absolute atomic E-state index is 12.6. The number of carbonyl (C=O) groups excluding carboxylic acids is 1. The van der Waals surface area contributed by atoms with E-state index in [1.807, 2.05) is 28.5 Å². The smallest absolute Gasteiger partial charge is 0.273 e. The van der Waals surface area contributed by atoms with Gasteiger partial charge in [0.05, 0.1) is 5.01 Å². The van der Waals surface area contributed by atoms with Crippen molar-refractivity contribution in [1.29, 1.82) is 0 Å². The van der Waals surface area contributed by atoms with Crippen molar-refractivity contribution in [1.82, 2.24) is 9.88 Å². The minimum atomic E-state index is 0.0492. The predicted octanol–water partition coefficient (Wildman–Crippen LogP) is 4.38. The van der Waals surface area contributed by atoms with E-state index in [1.165, 1.54) is 0 Å². The number of hydrogen-bond donors (Lipinski definition) is 0. The maximum Gasteiger partial charge on any atom is 0.273 e. The SMILES string of the molecule is CCCc1nc(C(=O)N2CC[C@@H](c3ccccc3Cl)C2)cs1. The zero-order valence-corrected chi connectivity index (χ0v) is 14.2. The van der Waals surface area contributed by atoms with Crippen molar-refractivity contribution in [2.75, 3.05) is 13.1 Å². The number of nitrogens with zero attached hydrogens (tertiary/aromatic N) is 2. The van der Waals surface area contributed by atoms with Gasteiger partial charge in [0.25, 0.3) is 5.91 Å². The number of rotatable bonds is 4. The minimum absolute atomic E-state index is 0.0492. The molecular weight excluding hydrogens is 316 g/mol. The Balaban J connectivity index is 1.69. The van der Waals surface area contributed by atoms with Gasteiger partial charge in [0.1, 0.15) is 5.69 Å². The Hall–Kier alpha value is -1.39. The zero-order chi connectivity index (χ0) is 15.5. The van der Waals surface area contributed by atoms with Crippen LogP contribution in [-0.4, -0.2) is 28.9 Å². The van der Waals surface area contributed by atoms with Gasteiger partial charge in [-0.3, -0.25) is 4.79 Å². The Labute approximate surface area is 139 Å². The molecule has 0 saturated carbocycles. The largest absolute Gasteiger partial charge is 0.337 e. The Bertz CT molecular complexity index is 670. The lowest BCUT2D eigenvalue weighted by Gasteiger charge is -2.16. The van der Waals surface area contributed by atoms with Gasteiger partial charge in [-0.1, -0.05) is 36.7 Å². The number of carbonyl (C=O) groups is 1. The number of aryl methyl sites for hydroxylation is 1. The predicted molar refractivity (Wildman–Crippen MR) is 90.8 cm³/mol. The Morgan fingerprint density at radius 2 is 2.27 bits per heavy atom. The summed E-state index contributed by atoms with van der Waals surface area (Å²) >= 11 is 7.85. The maximum atomic E-state index is 12.6. The molecule has 22 heavy (non-hydrogen) atoms. The number of hydrogen-bond acceptors (Lipinski definition) is 3. The average Bonchev–Trinajstić information content (AvgIpc) is 3.17. The summed E-state index contributed by atoms with van der Waals surface area (Å²) in [5.41, 5.74) is 1.73.